The molecule has 25 heavy (non-hydrogen) atoms. The molecule has 0 radical (unpaired) electrons. The number of anilines is 2. The van der Waals surface area contributed by atoms with Crippen molar-refractivity contribution >= 4 is 51.9 Å². The molecule has 0 aromatic heterocycles. The Labute approximate surface area is 155 Å². The smallest absolute Gasteiger partial charge is 0.267 e. The van der Waals surface area contributed by atoms with Crippen LogP contribution >= 0.6 is 23.2 Å². The minimum atomic E-state index is -0.229. The average Bonchev–Trinajstić information content (AvgIpc) is 2.87. The predicted octanol–water partition coefficient (Wildman–Crippen LogP) is 5.39. The SMILES string of the molecule is O=C1C(=Nc2cc(Cl)cc(Cl)c2)c2ccc#cc2N1c1ccccc1. The van der Waals surface area contributed by atoms with Crippen LogP contribution in [0.1, 0.15) is 5.56 Å². The number of nitrogens with zero attached hydrogens (tertiary/aromatic N) is 2. The third-order valence-corrected chi connectivity index (χ3v) is 4.20. The Kier molecular flexibility index (Phi) is 3.93. The van der Waals surface area contributed by atoms with E-state index in [4.69, 9.17) is 23.2 Å². The van der Waals surface area contributed by atoms with E-state index in [2.05, 4.69) is 17.1 Å². The van der Waals surface area contributed by atoms with E-state index in [-0.39, 0.29) is 5.91 Å². The fourth-order valence-electron chi connectivity index (χ4n) is 2.74. The molecular weight excluding hydrogens is 355 g/mol. The number of hydrogen-bond donors (Lipinski definition) is 0. The molecule has 0 atom stereocenters. The molecular formula is C20H10Cl2N2O. The fourth-order valence-corrected chi connectivity index (χ4v) is 3.25. The van der Waals surface area contributed by atoms with Crippen LogP contribution in [0.2, 0.25) is 10.0 Å². The van der Waals surface area contributed by atoms with E-state index in [0.717, 1.165) is 5.69 Å². The van der Waals surface area contributed by atoms with Gasteiger partial charge in [-0.2, -0.15) is 0 Å². The van der Waals surface area contributed by atoms with Gasteiger partial charge in [-0.3, -0.25) is 9.69 Å². The summed E-state index contributed by atoms with van der Waals surface area (Å²) in [7, 11) is 0. The molecule has 0 saturated heterocycles. The topological polar surface area (TPSA) is 32.7 Å². The van der Waals surface area contributed by atoms with Gasteiger partial charge < -0.3 is 0 Å². The number of carbonyl (C=O) groups excluding carboxylic acids is 1. The zero-order valence-electron chi connectivity index (χ0n) is 12.8. The van der Waals surface area contributed by atoms with Gasteiger partial charge in [0, 0.05) is 21.3 Å². The van der Waals surface area contributed by atoms with Crippen LogP contribution in [0.25, 0.3) is 0 Å². The van der Waals surface area contributed by atoms with E-state index < -0.39 is 0 Å². The third kappa shape index (κ3) is 2.87. The predicted molar refractivity (Wildman–Crippen MR) is 100 cm³/mol. The van der Waals surface area contributed by atoms with Crippen molar-refractivity contribution in [1.82, 2.24) is 0 Å². The molecule has 120 valence electrons. The van der Waals surface area contributed by atoms with Gasteiger partial charge in [0.2, 0.25) is 0 Å². The van der Waals surface area contributed by atoms with Gasteiger partial charge in [0.1, 0.15) is 11.4 Å². The van der Waals surface area contributed by atoms with Crippen molar-refractivity contribution in [3.8, 4) is 0 Å². The van der Waals surface area contributed by atoms with Crippen LogP contribution in [0.4, 0.5) is 17.1 Å². The summed E-state index contributed by atoms with van der Waals surface area (Å²) < 4.78 is 0. The van der Waals surface area contributed by atoms with E-state index in [9.17, 15) is 4.79 Å². The number of aliphatic imine (C=N–C) groups is 1. The minimum Gasteiger partial charge on any atom is -0.267 e. The van der Waals surface area contributed by atoms with Gasteiger partial charge in [-0.15, -0.1) is 0 Å². The molecule has 5 heteroatoms. The second-order valence-corrected chi connectivity index (χ2v) is 6.30. The molecule has 0 spiro atoms. The first kappa shape index (κ1) is 15.7. The highest BCUT2D eigenvalue weighted by molar-refractivity contribution is 6.56. The van der Waals surface area contributed by atoms with Gasteiger partial charge in [-0.25, -0.2) is 4.99 Å². The van der Waals surface area contributed by atoms with E-state index >= 15 is 0 Å². The number of benzene rings is 2. The Balaban J connectivity index is 1.87. The van der Waals surface area contributed by atoms with Crippen molar-refractivity contribution in [2.24, 2.45) is 4.99 Å². The standard InChI is InChI=1S/C20H10Cl2N2O/c21-13-10-14(22)12-15(11-13)23-19-17-8-4-5-9-18(17)24(20(19)25)16-6-2-1-3-7-16/h1-4,6-8,10-12H. The molecule has 1 aliphatic heterocycles. The lowest BCUT2D eigenvalue weighted by atomic mass is 10.1. The summed E-state index contributed by atoms with van der Waals surface area (Å²) in [5.41, 5.74) is 2.92. The van der Waals surface area contributed by atoms with E-state index in [0.29, 0.717) is 32.7 Å². The second-order valence-electron chi connectivity index (χ2n) is 5.43. The number of halogens is 2. The molecule has 1 aliphatic rings. The van der Waals surface area contributed by atoms with Gasteiger partial charge >= 0.3 is 0 Å². The van der Waals surface area contributed by atoms with Crippen LogP contribution in [0.15, 0.2) is 65.7 Å². The maximum Gasteiger partial charge on any atom is 0.282 e. The van der Waals surface area contributed by atoms with Crippen molar-refractivity contribution in [2.75, 3.05) is 4.90 Å². The Bertz CT molecular complexity index is 979. The molecule has 0 aliphatic carbocycles. The summed E-state index contributed by atoms with van der Waals surface area (Å²) in [6.45, 7) is 0. The summed E-state index contributed by atoms with van der Waals surface area (Å²) >= 11 is 12.1. The summed E-state index contributed by atoms with van der Waals surface area (Å²) in [5.74, 6) is -0.229. The maximum absolute atomic E-state index is 13.0. The molecule has 3 aromatic rings. The number of para-hydroxylation sites is 1. The summed E-state index contributed by atoms with van der Waals surface area (Å²) in [6.07, 6.45) is 0. The van der Waals surface area contributed by atoms with Gasteiger partial charge in [-0.05, 0) is 48.5 Å². The van der Waals surface area contributed by atoms with Crippen LogP contribution < -0.4 is 4.90 Å². The highest BCUT2D eigenvalue weighted by atomic mass is 35.5. The van der Waals surface area contributed by atoms with Gasteiger partial charge in [0.15, 0.2) is 0 Å². The second kappa shape index (κ2) is 6.25. The number of rotatable bonds is 2. The van der Waals surface area contributed by atoms with Crippen LogP contribution in [-0.4, -0.2) is 11.6 Å². The molecule has 1 amide bonds. The Morgan fingerprint density at radius 2 is 1.68 bits per heavy atom. The van der Waals surface area contributed by atoms with Gasteiger partial charge in [0.25, 0.3) is 5.91 Å². The number of hydrogen-bond acceptors (Lipinski definition) is 2. The van der Waals surface area contributed by atoms with Crippen molar-refractivity contribution in [3.63, 3.8) is 0 Å². The van der Waals surface area contributed by atoms with E-state index in [1.54, 1.807) is 35.2 Å². The first-order chi connectivity index (χ1) is 12.1. The average molecular weight is 365 g/mol. The molecule has 0 bridgehead atoms. The Hall–Kier alpha value is -2.80. The number of fused-ring (bicyclic) bond motifs is 1. The van der Waals surface area contributed by atoms with E-state index in [1.807, 2.05) is 30.3 Å². The van der Waals surface area contributed by atoms with Crippen molar-refractivity contribution < 1.29 is 4.79 Å². The molecule has 0 unspecified atom stereocenters. The molecule has 0 N–H and O–H groups in total. The van der Waals surface area contributed by atoms with Crippen LogP contribution in [0, 0.1) is 12.1 Å². The molecule has 0 saturated carbocycles. The highest BCUT2D eigenvalue weighted by Crippen LogP contribution is 2.35. The van der Waals surface area contributed by atoms with Crippen LogP contribution in [0.5, 0.6) is 0 Å². The van der Waals surface area contributed by atoms with Crippen LogP contribution in [0.3, 0.4) is 0 Å². The molecule has 0 fully saturated rings. The zero-order valence-corrected chi connectivity index (χ0v) is 14.3. The monoisotopic (exact) mass is 364 g/mol. The normalized spacial score (nSPS) is 14.6. The Morgan fingerprint density at radius 3 is 2.40 bits per heavy atom. The minimum absolute atomic E-state index is 0.229. The maximum atomic E-state index is 13.0. The van der Waals surface area contributed by atoms with Crippen molar-refractivity contribution in [1.29, 1.82) is 0 Å². The van der Waals surface area contributed by atoms with Crippen LogP contribution in [-0.2, 0) is 4.79 Å². The lowest BCUT2D eigenvalue weighted by Gasteiger charge is -2.14. The zero-order chi connectivity index (χ0) is 17.4. The summed E-state index contributed by atoms with van der Waals surface area (Å²) in [4.78, 5) is 19.1. The molecule has 3 nitrogen and oxygen atoms in total. The summed E-state index contributed by atoms with van der Waals surface area (Å²) in [6, 6.07) is 23.7. The first-order valence-corrected chi connectivity index (χ1v) is 8.26. The molecule has 3 aromatic carbocycles. The van der Waals surface area contributed by atoms with Gasteiger partial charge in [0.05, 0.1) is 5.69 Å². The van der Waals surface area contributed by atoms with Gasteiger partial charge in [-0.1, -0.05) is 47.5 Å². The lowest BCUT2D eigenvalue weighted by Crippen LogP contribution is -2.25. The number of carbonyl (C=O) groups is 1. The molecule has 4 rings (SSSR count). The number of amides is 1. The molecule has 1 heterocycles. The largest absolute Gasteiger partial charge is 0.282 e. The highest BCUT2D eigenvalue weighted by Gasteiger charge is 2.35. The lowest BCUT2D eigenvalue weighted by molar-refractivity contribution is -0.111. The quantitative estimate of drug-likeness (QED) is 0.599. The third-order valence-electron chi connectivity index (χ3n) is 3.77. The first-order valence-electron chi connectivity index (χ1n) is 7.50. The Morgan fingerprint density at radius 1 is 0.960 bits per heavy atom. The van der Waals surface area contributed by atoms with Crippen molar-refractivity contribution in [3.05, 3.63) is 88.4 Å². The fraction of sp³-hybridized carbons (Fsp3) is 0. The summed E-state index contributed by atoms with van der Waals surface area (Å²) in [5, 5.41) is 0.927. The van der Waals surface area contributed by atoms with E-state index in [1.165, 1.54) is 0 Å². The van der Waals surface area contributed by atoms with Crippen molar-refractivity contribution in [2.45, 2.75) is 0 Å².